The molecule has 0 aliphatic carbocycles. The zero-order valence-electron chi connectivity index (χ0n) is 12.8. The van der Waals surface area contributed by atoms with E-state index in [9.17, 15) is 22.4 Å². The molecule has 126 valence electrons. The Morgan fingerprint density at radius 1 is 1.30 bits per heavy atom. The van der Waals surface area contributed by atoms with Crippen molar-refractivity contribution >= 4 is 32.8 Å². The van der Waals surface area contributed by atoms with Gasteiger partial charge in [-0.2, -0.15) is 13.2 Å². The van der Waals surface area contributed by atoms with Gasteiger partial charge in [-0.15, -0.1) is 0 Å². The molecule has 0 fully saturated rings. The molecule has 0 radical (unpaired) electrons. The molecule has 0 atom stereocenters. The van der Waals surface area contributed by atoms with Gasteiger partial charge in [-0.1, -0.05) is 11.3 Å². The maximum atomic E-state index is 13.7. The summed E-state index contributed by atoms with van der Waals surface area (Å²) in [5.74, 6) is -0.975. The minimum atomic E-state index is -4.75. The standard InChI is InChI=1S/C14H14F4N2O2S/c1-6-7(15)5-8-10(9(6)14(16,17)18)19-11(23-8)20-12(21)22-13(2,3)4/h5H,1-4H3,(H,19,20,21). The van der Waals surface area contributed by atoms with E-state index in [4.69, 9.17) is 4.74 Å². The van der Waals surface area contributed by atoms with Gasteiger partial charge in [-0.3, -0.25) is 5.32 Å². The van der Waals surface area contributed by atoms with E-state index in [0.29, 0.717) is 0 Å². The second kappa shape index (κ2) is 5.63. The Hall–Kier alpha value is -1.90. The molecule has 1 heterocycles. The molecule has 23 heavy (non-hydrogen) atoms. The van der Waals surface area contributed by atoms with Crippen molar-refractivity contribution in [1.29, 1.82) is 0 Å². The smallest absolute Gasteiger partial charge is 0.418 e. The first-order valence-corrected chi connectivity index (χ1v) is 7.37. The average Bonchev–Trinajstić information content (AvgIpc) is 2.66. The maximum Gasteiger partial charge on any atom is 0.418 e. The highest BCUT2D eigenvalue weighted by molar-refractivity contribution is 7.22. The van der Waals surface area contributed by atoms with Gasteiger partial charge in [-0.25, -0.2) is 14.2 Å². The van der Waals surface area contributed by atoms with Crippen molar-refractivity contribution < 1.29 is 27.1 Å². The highest BCUT2D eigenvalue weighted by Crippen LogP contribution is 2.40. The van der Waals surface area contributed by atoms with Crippen LogP contribution in [0.5, 0.6) is 0 Å². The van der Waals surface area contributed by atoms with Crippen LogP contribution in [-0.4, -0.2) is 16.7 Å². The van der Waals surface area contributed by atoms with E-state index in [1.54, 1.807) is 20.8 Å². The third-order valence-corrected chi connectivity index (χ3v) is 3.69. The van der Waals surface area contributed by atoms with Gasteiger partial charge in [0.1, 0.15) is 11.4 Å². The van der Waals surface area contributed by atoms with E-state index in [1.165, 1.54) is 0 Å². The van der Waals surface area contributed by atoms with Gasteiger partial charge >= 0.3 is 12.3 Å². The number of benzene rings is 1. The number of aromatic nitrogens is 1. The second-order valence-electron chi connectivity index (χ2n) is 5.85. The molecule has 0 unspecified atom stereocenters. The number of hydrogen-bond acceptors (Lipinski definition) is 4. The van der Waals surface area contributed by atoms with Crippen molar-refractivity contribution in [2.75, 3.05) is 5.32 Å². The van der Waals surface area contributed by atoms with E-state index in [0.717, 1.165) is 24.3 Å². The lowest BCUT2D eigenvalue weighted by atomic mass is 10.1. The third kappa shape index (κ3) is 3.90. The van der Waals surface area contributed by atoms with E-state index in [1.807, 2.05) is 0 Å². The van der Waals surface area contributed by atoms with Crippen molar-refractivity contribution in [3.05, 3.63) is 23.0 Å². The number of ether oxygens (including phenoxy) is 1. The quantitative estimate of drug-likeness (QED) is 0.727. The topological polar surface area (TPSA) is 51.2 Å². The van der Waals surface area contributed by atoms with Crippen LogP contribution in [0.3, 0.4) is 0 Å². The molecule has 0 bridgehead atoms. The summed E-state index contributed by atoms with van der Waals surface area (Å²) in [6.07, 6.45) is -5.59. The van der Waals surface area contributed by atoms with Gasteiger partial charge in [-0.05, 0) is 39.3 Å². The highest BCUT2D eigenvalue weighted by Gasteiger charge is 2.37. The van der Waals surface area contributed by atoms with Crippen molar-refractivity contribution in [2.24, 2.45) is 0 Å². The Bertz CT molecular complexity index is 763. The van der Waals surface area contributed by atoms with Crippen LogP contribution < -0.4 is 5.32 Å². The molecular weight excluding hydrogens is 336 g/mol. The monoisotopic (exact) mass is 350 g/mol. The molecule has 0 aliphatic heterocycles. The number of halogens is 4. The first-order chi connectivity index (χ1) is 10.4. The Labute approximate surface area is 133 Å². The number of alkyl halides is 3. The van der Waals surface area contributed by atoms with E-state index < -0.39 is 40.3 Å². The lowest BCUT2D eigenvalue weighted by Gasteiger charge is -2.18. The molecule has 0 spiro atoms. The number of thiazole rings is 1. The van der Waals surface area contributed by atoms with E-state index in [-0.39, 0.29) is 9.83 Å². The van der Waals surface area contributed by atoms with Crippen LogP contribution in [0.4, 0.5) is 27.5 Å². The number of nitrogens with zero attached hydrogens (tertiary/aromatic N) is 1. The molecule has 2 rings (SSSR count). The summed E-state index contributed by atoms with van der Waals surface area (Å²) in [5, 5.41) is 2.17. The van der Waals surface area contributed by atoms with Gasteiger partial charge in [0.05, 0.1) is 15.8 Å². The van der Waals surface area contributed by atoms with Crippen LogP contribution in [0.2, 0.25) is 0 Å². The molecule has 0 saturated carbocycles. The van der Waals surface area contributed by atoms with Crippen molar-refractivity contribution in [2.45, 2.75) is 39.5 Å². The Morgan fingerprint density at radius 3 is 2.43 bits per heavy atom. The number of carbonyl (C=O) groups excluding carboxylic acids is 1. The first kappa shape index (κ1) is 17.5. The van der Waals surface area contributed by atoms with Gasteiger partial charge in [0.25, 0.3) is 0 Å². The minimum Gasteiger partial charge on any atom is -0.444 e. The summed E-state index contributed by atoms with van der Waals surface area (Å²) in [6.45, 7) is 5.97. The van der Waals surface area contributed by atoms with Gasteiger partial charge < -0.3 is 4.74 Å². The average molecular weight is 350 g/mol. The fourth-order valence-corrected chi connectivity index (χ4v) is 2.81. The SMILES string of the molecule is Cc1c(F)cc2sc(NC(=O)OC(C)(C)C)nc2c1C(F)(F)F. The van der Waals surface area contributed by atoms with Crippen molar-refractivity contribution in [3.63, 3.8) is 0 Å². The first-order valence-electron chi connectivity index (χ1n) is 6.55. The summed E-state index contributed by atoms with van der Waals surface area (Å²) in [7, 11) is 0. The molecule has 2 aromatic rings. The zero-order valence-corrected chi connectivity index (χ0v) is 13.6. The third-order valence-electron chi connectivity index (χ3n) is 2.77. The Morgan fingerprint density at radius 2 is 1.91 bits per heavy atom. The number of anilines is 1. The summed E-state index contributed by atoms with van der Waals surface area (Å²) in [6, 6.07) is 0.970. The van der Waals surface area contributed by atoms with Crippen molar-refractivity contribution in [3.8, 4) is 0 Å². The van der Waals surface area contributed by atoms with Gasteiger partial charge in [0.2, 0.25) is 0 Å². The fourth-order valence-electron chi connectivity index (χ4n) is 1.92. The van der Waals surface area contributed by atoms with Crippen molar-refractivity contribution in [1.82, 2.24) is 4.98 Å². The molecule has 1 amide bonds. The predicted molar refractivity (Wildman–Crippen MR) is 79.2 cm³/mol. The normalized spacial score (nSPS) is 12.5. The highest BCUT2D eigenvalue weighted by atomic mass is 32.1. The fraction of sp³-hybridized carbons (Fsp3) is 0.429. The summed E-state index contributed by atoms with van der Waals surface area (Å²) < 4.78 is 58.1. The van der Waals surface area contributed by atoms with Gasteiger partial charge in [0, 0.05) is 0 Å². The molecule has 4 nitrogen and oxygen atoms in total. The maximum absolute atomic E-state index is 13.7. The van der Waals surface area contributed by atoms with E-state index in [2.05, 4.69) is 10.3 Å². The lowest BCUT2D eigenvalue weighted by molar-refractivity contribution is -0.137. The number of amides is 1. The molecule has 1 N–H and O–H groups in total. The van der Waals surface area contributed by atoms with Gasteiger partial charge in [0.15, 0.2) is 5.13 Å². The number of rotatable bonds is 1. The summed E-state index contributed by atoms with van der Waals surface area (Å²) in [5.41, 5.74) is -2.83. The van der Waals surface area contributed by atoms with E-state index >= 15 is 0 Å². The van der Waals surface area contributed by atoms with Crippen LogP contribution in [0.15, 0.2) is 6.07 Å². The molecule has 1 aromatic heterocycles. The van der Waals surface area contributed by atoms with Crippen LogP contribution in [0.1, 0.15) is 31.9 Å². The lowest BCUT2D eigenvalue weighted by Crippen LogP contribution is -2.27. The van der Waals surface area contributed by atoms with Crippen LogP contribution in [-0.2, 0) is 10.9 Å². The zero-order chi connectivity index (χ0) is 17.6. The Balaban J connectivity index is 2.45. The number of fused-ring (bicyclic) bond motifs is 1. The Kier molecular flexibility index (Phi) is 4.27. The number of carbonyl (C=O) groups is 1. The number of hydrogen-bond donors (Lipinski definition) is 1. The summed E-state index contributed by atoms with van der Waals surface area (Å²) >= 11 is 0.742. The molecule has 9 heteroatoms. The van der Waals surface area contributed by atoms with Crippen LogP contribution in [0.25, 0.3) is 10.2 Å². The molecular formula is C14H14F4N2O2S. The van der Waals surface area contributed by atoms with Crippen LogP contribution >= 0.6 is 11.3 Å². The molecule has 0 aliphatic rings. The minimum absolute atomic E-state index is 0.00789. The number of nitrogens with one attached hydrogen (secondary N) is 1. The largest absolute Gasteiger partial charge is 0.444 e. The molecule has 1 aromatic carbocycles. The predicted octanol–water partition coefficient (Wildman–Crippen LogP) is 5.11. The summed E-state index contributed by atoms with van der Waals surface area (Å²) in [4.78, 5) is 15.4. The van der Waals surface area contributed by atoms with Crippen LogP contribution in [0, 0.1) is 12.7 Å². The molecule has 0 saturated heterocycles. The second-order valence-corrected chi connectivity index (χ2v) is 6.88.